The van der Waals surface area contributed by atoms with Crippen molar-refractivity contribution in [1.82, 2.24) is 14.8 Å². The zero-order chi connectivity index (χ0) is 16.4. The number of hydrogen-bond acceptors (Lipinski definition) is 4. The van der Waals surface area contributed by atoms with Crippen molar-refractivity contribution in [2.24, 2.45) is 0 Å². The topological polar surface area (TPSA) is 46.5 Å². The number of methoxy groups -OCH3 is 1. The number of nitrogens with one attached hydrogen (secondary N) is 1. The maximum Gasteiger partial charge on any atom is 0.248 e. The predicted octanol–water partition coefficient (Wildman–Crippen LogP) is 2.15. The maximum absolute atomic E-state index is 12.9. The lowest BCUT2D eigenvalue weighted by atomic mass is 10.1. The highest BCUT2D eigenvalue weighted by atomic mass is 16.5. The summed E-state index contributed by atoms with van der Waals surface area (Å²) in [6.45, 7) is 1.88. The third-order valence-electron chi connectivity index (χ3n) is 4.52. The third-order valence-corrected chi connectivity index (χ3v) is 4.52. The van der Waals surface area contributed by atoms with E-state index in [1.54, 1.807) is 7.11 Å². The molecule has 0 amide bonds. The summed E-state index contributed by atoms with van der Waals surface area (Å²) in [5.74, 6) is 0.917. The molecular weight excluding hydrogens is 290 g/mol. The first-order valence-corrected chi connectivity index (χ1v) is 8.20. The van der Waals surface area contributed by atoms with Crippen LogP contribution in [0.25, 0.3) is 10.9 Å². The smallest absolute Gasteiger partial charge is 0.248 e. The Balaban J connectivity index is 2.02. The molecule has 3 rings (SSSR count). The van der Waals surface area contributed by atoms with Crippen molar-refractivity contribution >= 4 is 16.8 Å². The minimum Gasteiger partial charge on any atom is -0.497 e. The van der Waals surface area contributed by atoms with Crippen LogP contribution in [0.1, 0.15) is 23.2 Å². The van der Waals surface area contributed by atoms with Gasteiger partial charge in [-0.05, 0) is 57.6 Å². The molecule has 0 bridgehead atoms. The molecule has 1 aromatic carbocycles. The van der Waals surface area contributed by atoms with Gasteiger partial charge in [0.1, 0.15) is 5.75 Å². The molecule has 1 atom stereocenters. The SMILES string of the molecule is COc1ccc2c(CCN(C)C)cn(C(=O)[C@@H]3CCCN3)c2c1. The molecule has 0 saturated carbocycles. The van der Waals surface area contributed by atoms with E-state index in [0.29, 0.717) is 0 Å². The second kappa shape index (κ2) is 6.72. The van der Waals surface area contributed by atoms with E-state index < -0.39 is 0 Å². The lowest BCUT2D eigenvalue weighted by Gasteiger charge is -2.11. The number of rotatable bonds is 5. The molecule has 0 radical (unpaired) electrons. The first-order chi connectivity index (χ1) is 11.1. The van der Waals surface area contributed by atoms with E-state index in [9.17, 15) is 4.79 Å². The number of likely N-dealkylation sites (N-methyl/N-ethyl adjacent to an activating group) is 1. The van der Waals surface area contributed by atoms with Crippen molar-refractivity contribution in [2.75, 3.05) is 34.3 Å². The summed E-state index contributed by atoms with van der Waals surface area (Å²) < 4.78 is 7.15. The minimum atomic E-state index is -0.0708. The van der Waals surface area contributed by atoms with Gasteiger partial charge in [0.15, 0.2) is 0 Å². The van der Waals surface area contributed by atoms with Gasteiger partial charge < -0.3 is 15.0 Å². The van der Waals surface area contributed by atoms with E-state index in [2.05, 4.69) is 30.4 Å². The zero-order valence-electron chi connectivity index (χ0n) is 14.1. The van der Waals surface area contributed by atoms with E-state index in [-0.39, 0.29) is 11.9 Å². The van der Waals surface area contributed by atoms with Crippen molar-refractivity contribution in [2.45, 2.75) is 25.3 Å². The number of hydrogen-bond donors (Lipinski definition) is 1. The van der Waals surface area contributed by atoms with E-state index in [4.69, 9.17) is 4.74 Å². The van der Waals surface area contributed by atoms with Gasteiger partial charge >= 0.3 is 0 Å². The summed E-state index contributed by atoms with van der Waals surface area (Å²) in [5, 5.41) is 4.44. The summed E-state index contributed by atoms with van der Waals surface area (Å²) in [6.07, 6.45) is 4.91. The Morgan fingerprint density at radius 1 is 1.43 bits per heavy atom. The standard InChI is InChI=1S/C18H25N3O2/c1-20(2)10-8-13-12-21(18(22)16-5-4-9-19-16)17-11-14(23-3)6-7-15(13)17/h6-7,11-12,16,19H,4-5,8-10H2,1-3H3/t16-/m0/s1. The van der Waals surface area contributed by atoms with E-state index >= 15 is 0 Å². The van der Waals surface area contributed by atoms with Gasteiger partial charge in [0.25, 0.3) is 0 Å². The molecule has 1 aliphatic rings. The molecule has 0 aliphatic carbocycles. The van der Waals surface area contributed by atoms with Gasteiger partial charge in [-0.1, -0.05) is 0 Å². The maximum atomic E-state index is 12.9. The Labute approximate surface area is 137 Å². The molecule has 1 N–H and O–H groups in total. The minimum absolute atomic E-state index is 0.0708. The Morgan fingerprint density at radius 2 is 2.26 bits per heavy atom. The van der Waals surface area contributed by atoms with Gasteiger partial charge in [0.2, 0.25) is 5.91 Å². The fraction of sp³-hybridized carbons (Fsp3) is 0.500. The number of ether oxygens (including phenoxy) is 1. The molecule has 2 heterocycles. The van der Waals surface area contributed by atoms with Gasteiger partial charge in [0.05, 0.1) is 18.7 Å². The molecule has 23 heavy (non-hydrogen) atoms. The van der Waals surface area contributed by atoms with Crippen molar-refractivity contribution in [3.8, 4) is 5.75 Å². The highest BCUT2D eigenvalue weighted by molar-refractivity contribution is 5.97. The average Bonchev–Trinajstić information content (AvgIpc) is 3.19. The molecule has 1 fully saturated rings. The van der Waals surface area contributed by atoms with Crippen molar-refractivity contribution in [3.05, 3.63) is 30.0 Å². The highest BCUT2D eigenvalue weighted by Gasteiger charge is 2.25. The molecule has 1 aromatic heterocycles. The van der Waals surface area contributed by atoms with E-state index in [1.807, 2.05) is 22.9 Å². The van der Waals surface area contributed by atoms with Crippen molar-refractivity contribution in [3.63, 3.8) is 0 Å². The van der Waals surface area contributed by atoms with Crippen LogP contribution < -0.4 is 10.1 Å². The quantitative estimate of drug-likeness (QED) is 0.918. The van der Waals surface area contributed by atoms with Crippen LogP contribution in [-0.4, -0.2) is 55.7 Å². The molecule has 124 valence electrons. The highest BCUT2D eigenvalue weighted by Crippen LogP contribution is 2.27. The van der Waals surface area contributed by atoms with Gasteiger partial charge in [-0.15, -0.1) is 0 Å². The van der Waals surface area contributed by atoms with Gasteiger partial charge in [-0.3, -0.25) is 9.36 Å². The monoisotopic (exact) mass is 315 g/mol. The number of carbonyl (C=O) groups is 1. The van der Waals surface area contributed by atoms with E-state index in [0.717, 1.165) is 49.0 Å². The van der Waals surface area contributed by atoms with Crippen LogP contribution >= 0.6 is 0 Å². The third kappa shape index (κ3) is 3.26. The lowest BCUT2D eigenvalue weighted by Crippen LogP contribution is -2.34. The van der Waals surface area contributed by atoms with Crippen LogP contribution in [0.4, 0.5) is 0 Å². The van der Waals surface area contributed by atoms with Crippen LogP contribution in [0.2, 0.25) is 0 Å². The van der Waals surface area contributed by atoms with Crippen LogP contribution in [0.15, 0.2) is 24.4 Å². The summed E-state index contributed by atoms with van der Waals surface area (Å²) in [5.41, 5.74) is 2.15. The lowest BCUT2D eigenvalue weighted by molar-refractivity contribution is 0.0875. The first kappa shape index (κ1) is 16.0. The second-order valence-corrected chi connectivity index (χ2v) is 6.45. The molecule has 0 spiro atoms. The molecule has 5 heteroatoms. The van der Waals surface area contributed by atoms with Gasteiger partial charge in [-0.25, -0.2) is 0 Å². The molecule has 0 unspecified atom stereocenters. The largest absolute Gasteiger partial charge is 0.497 e. The fourth-order valence-electron chi connectivity index (χ4n) is 3.19. The predicted molar refractivity (Wildman–Crippen MR) is 92.4 cm³/mol. The molecule has 1 aliphatic heterocycles. The van der Waals surface area contributed by atoms with Crippen molar-refractivity contribution < 1.29 is 9.53 Å². The zero-order valence-corrected chi connectivity index (χ0v) is 14.1. The van der Waals surface area contributed by atoms with Crippen LogP contribution in [0, 0.1) is 0 Å². The van der Waals surface area contributed by atoms with E-state index in [1.165, 1.54) is 5.56 Å². The molecule has 2 aromatic rings. The van der Waals surface area contributed by atoms with Crippen LogP contribution in [-0.2, 0) is 6.42 Å². The molecule has 1 saturated heterocycles. The number of nitrogens with zero attached hydrogens (tertiary/aromatic N) is 2. The number of carbonyl (C=O) groups excluding carboxylic acids is 1. The second-order valence-electron chi connectivity index (χ2n) is 6.45. The van der Waals surface area contributed by atoms with Crippen LogP contribution in [0.5, 0.6) is 5.75 Å². The summed E-state index contributed by atoms with van der Waals surface area (Å²) in [6, 6.07) is 5.91. The number of fused-ring (bicyclic) bond motifs is 1. The molecule has 5 nitrogen and oxygen atoms in total. The van der Waals surface area contributed by atoms with Crippen molar-refractivity contribution in [1.29, 1.82) is 0 Å². The summed E-state index contributed by atoms with van der Waals surface area (Å²) >= 11 is 0. The Kier molecular flexibility index (Phi) is 4.68. The Morgan fingerprint density at radius 3 is 2.91 bits per heavy atom. The van der Waals surface area contributed by atoms with Gasteiger partial charge in [0, 0.05) is 24.2 Å². The number of benzene rings is 1. The fourth-order valence-corrected chi connectivity index (χ4v) is 3.19. The Hall–Kier alpha value is -1.85. The average molecular weight is 315 g/mol. The summed E-state index contributed by atoms with van der Waals surface area (Å²) in [4.78, 5) is 15.0. The first-order valence-electron chi connectivity index (χ1n) is 8.20. The summed E-state index contributed by atoms with van der Waals surface area (Å²) in [7, 11) is 5.79. The Bertz CT molecular complexity index is 700. The van der Waals surface area contributed by atoms with Crippen LogP contribution in [0.3, 0.4) is 0 Å². The number of aromatic nitrogens is 1. The molecular formula is C18H25N3O2. The van der Waals surface area contributed by atoms with Gasteiger partial charge in [-0.2, -0.15) is 0 Å². The normalized spacial score (nSPS) is 18.0.